The van der Waals surface area contributed by atoms with Gasteiger partial charge in [0.15, 0.2) is 0 Å². The van der Waals surface area contributed by atoms with Crippen LogP contribution in [0.3, 0.4) is 0 Å². The molecule has 0 amide bonds. The van der Waals surface area contributed by atoms with Gasteiger partial charge in [-0.15, -0.1) is 0 Å². The molecule has 0 spiro atoms. The summed E-state index contributed by atoms with van der Waals surface area (Å²) in [4.78, 5) is 23.6. The zero-order valence-electron chi connectivity index (χ0n) is 13.7. The van der Waals surface area contributed by atoms with Crippen molar-refractivity contribution >= 4 is 18.0 Å². The molecule has 4 nitrogen and oxygen atoms in total. The van der Waals surface area contributed by atoms with Crippen LogP contribution in [0.5, 0.6) is 0 Å². The van der Waals surface area contributed by atoms with Crippen LogP contribution in [0.4, 0.5) is 13.2 Å². The van der Waals surface area contributed by atoms with Crippen LogP contribution in [0.2, 0.25) is 0 Å². The largest absolute Gasteiger partial charge is 0.465 e. The number of alkyl halides is 3. The zero-order valence-corrected chi connectivity index (χ0v) is 13.7. The van der Waals surface area contributed by atoms with E-state index in [0.717, 1.165) is 37.0 Å². The number of hydrogen-bond donors (Lipinski definition) is 0. The van der Waals surface area contributed by atoms with Gasteiger partial charge in [0.05, 0.1) is 18.2 Å². The quantitative estimate of drug-likeness (QED) is 0.588. The fraction of sp³-hybridized carbons (Fsp3) is 0.158. The summed E-state index contributed by atoms with van der Waals surface area (Å²) in [5.74, 6) is -1.89. The van der Waals surface area contributed by atoms with Gasteiger partial charge in [0.1, 0.15) is 6.61 Å². The lowest BCUT2D eigenvalue weighted by Crippen LogP contribution is -2.15. The number of carbonyl (C=O) groups is 2. The van der Waals surface area contributed by atoms with E-state index in [-0.39, 0.29) is 12.2 Å². The van der Waals surface area contributed by atoms with Gasteiger partial charge < -0.3 is 9.47 Å². The molecule has 0 aliphatic rings. The van der Waals surface area contributed by atoms with Gasteiger partial charge >= 0.3 is 18.1 Å². The topological polar surface area (TPSA) is 52.6 Å². The first-order valence-electron chi connectivity index (χ1n) is 7.50. The maximum absolute atomic E-state index is 13.1. The van der Waals surface area contributed by atoms with E-state index >= 15 is 0 Å². The smallest absolute Gasteiger partial charge is 0.417 e. The summed E-state index contributed by atoms with van der Waals surface area (Å²) in [5.41, 5.74) is -1.12. The molecule has 0 bridgehead atoms. The standard InChI is InChI=1S/C19H15F3O4/c1-25-18(24)17-14(8-5-9-15(17)19(20,21)22)10-11-16(23)26-12-13-6-3-2-4-7-13/h2-11H,12H2,1H3/b11-10+. The molecule has 2 rings (SSSR count). The lowest BCUT2D eigenvalue weighted by Gasteiger charge is -2.13. The second-order valence-electron chi connectivity index (χ2n) is 5.19. The van der Waals surface area contributed by atoms with E-state index in [0.29, 0.717) is 0 Å². The second-order valence-corrected chi connectivity index (χ2v) is 5.19. The summed E-state index contributed by atoms with van der Waals surface area (Å²) in [7, 11) is 0.983. The Morgan fingerprint density at radius 3 is 2.35 bits per heavy atom. The Hall–Kier alpha value is -3.09. The number of benzene rings is 2. The molecule has 0 aliphatic heterocycles. The van der Waals surface area contributed by atoms with E-state index in [1.807, 2.05) is 6.07 Å². The summed E-state index contributed by atoms with van der Waals surface area (Å²) in [5, 5.41) is 0. The van der Waals surface area contributed by atoms with Crippen LogP contribution in [0.15, 0.2) is 54.6 Å². The summed E-state index contributed by atoms with van der Waals surface area (Å²) in [6.07, 6.45) is -2.68. The molecule has 0 saturated heterocycles. The normalized spacial score (nSPS) is 11.4. The van der Waals surface area contributed by atoms with Gasteiger partial charge in [0.25, 0.3) is 0 Å². The van der Waals surface area contributed by atoms with Gasteiger partial charge in [0.2, 0.25) is 0 Å². The van der Waals surface area contributed by atoms with Gasteiger partial charge in [-0.3, -0.25) is 0 Å². The van der Waals surface area contributed by atoms with Crippen molar-refractivity contribution < 1.29 is 32.2 Å². The molecule has 2 aromatic carbocycles. The number of hydrogen-bond acceptors (Lipinski definition) is 4. The summed E-state index contributed by atoms with van der Waals surface area (Å²) >= 11 is 0. The van der Waals surface area contributed by atoms with Crippen LogP contribution in [-0.4, -0.2) is 19.0 Å². The molecule has 0 aliphatic carbocycles. The van der Waals surface area contributed by atoms with Crippen LogP contribution in [0.25, 0.3) is 6.08 Å². The van der Waals surface area contributed by atoms with Gasteiger partial charge in [-0.05, 0) is 23.3 Å². The summed E-state index contributed by atoms with van der Waals surface area (Å²) in [6, 6.07) is 12.1. The van der Waals surface area contributed by atoms with E-state index in [4.69, 9.17) is 4.74 Å². The van der Waals surface area contributed by atoms with E-state index in [2.05, 4.69) is 4.74 Å². The van der Waals surface area contributed by atoms with Gasteiger partial charge in [0, 0.05) is 6.08 Å². The van der Waals surface area contributed by atoms with Crippen LogP contribution in [-0.2, 0) is 27.1 Å². The first kappa shape index (κ1) is 19.2. The summed E-state index contributed by atoms with van der Waals surface area (Å²) in [6.45, 7) is 0.0243. The molecule has 2 aromatic rings. The van der Waals surface area contributed by atoms with Crippen molar-refractivity contribution in [2.24, 2.45) is 0 Å². The molecule has 0 saturated carbocycles. The third kappa shape index (κ3) is 4.95. The number of rotatable bonds is 5. The van der Waals surface area contributed by atoms with E-state index in [9.17, 15) is 22.8 Å². The molecular weight excluding hydrogens is 349 g/mol. The molecule has 26 heavy (non-hydrogen) atoms. The molecule has 0 radical (unpaired) electrons. The number of ether oxygens (including phenoxy) is 2. The average molecular weight is 364 g/mol. The minimum atomic E-state index is -4.73. The Morgan fingerprint density at radius 2 is 1.73 bits per heavy atom. The van der Waals surface area contributed by atoms with Crippen LogP contribution >= 0.6 is 0 Å². The highest BCUT2D eigenvalue weighted by atomic mass is 19.4. The van der Waals surface area contributed by atoms with E-state index < -0.39 is 29.2 Å². The molecule has 0 atom stereocenters. The molecule has 0 fully saturated rings. The van der Waals surface area contributed by atoms with Crippen molar-refractivity contribution in [3.05, 3.63) is 76.9 Å². The molecule has 136 valence electrons. The third-order valence-corrected chi connectivity index (χ3v) is 3.41. The third-order valence-electron chi connectivity index (χ3n) is 3.41. The monoisotopic (exact) mass is 364 g/mol. The number of esters is 2. The fourth-order valence-corrected chi connectivity index (χ4v) is 2.21. The van der Waals surface area contributed by atoms with Gasteiger partial charge in [-0.1, -0.05) is 42.5 Å². The van der Waals surface area contributed by atoms with Gasteiger partial charge in [-0.2, -0.15) is 13.2 Å². The minimum absolute atomic E-state index is 0.0243. The molecule has 7 heteroatoms. The summed E-state index contributed by atoms with van der Waals surface area (Å²) < 4.78 is 48.8. The molecule has 0 N–H and O–H groups in total. The number of halogens is 3. The highest BCUT2D eigenvalue weighted by Gasteiger charge is 2.36. The second kappa shape index (κ2) is 8.33. The molecular formula is C19H15F3O4. The molecule has 0 aromatic heterocycles. The molecule has 0 unspecified atom stereocenters. The number of carbonyl (C=O) groups excluding carboxylic acids is 2. The van der Waals surface area contributed by atoms with Crippen molar-refractivity contribution in [3.63, 3.8) is 0 Å². The lowest BCUT2D eigenvalue weighted by molar-refractivity contribution is -0.139. The van der Waals surface area contributed by atoms with Gasteiger partial charge in [-0.25, -0.2) is 9.59 Å². The first-order valence-corrected chi connectivity index (χ1v) is 7.50. The maximum atomic E-state index is 13.1. The SMILES string of the molecule is COC(=O)c1c(/C=C/C(=O)OCc2ccccc2)cccc1C(F)(F)F. The Morgan fingerprint density at radius 1 is 1.04 bits per heavy atom. The lowest BCUT2D eigenvalue weighted by atomic mass is 10.00. The Bertz CT molecular complexity index is 811. The highest BCUT2D eigenvalue weighted by Crippen LogP contribution is 2.34. The van der Waals surface area contributed by atoms with Crippen molar-refractivity contribution in [2.75, 3.05) is 7.11 Å². The van der Waals surface area contributed by atoms with Crippen molar-refractivity contribution in [1.29, 1.82) is 0 Å². The first-order chi connectivity index (χ1) is 12.3. The number of methoxy groups -OCH3 is 1. The van der Waals surface area contributed by atoms with Crippen LogP contribution in [0, 0.1) is 0 Å². The van der Waals surface area contributed by atoms with Crippen LogP contribution < -0.4 is 0 Å². The van der Waals surface area contributed by atoms with Crippen molar-refractivity contribution in [3.8, 4) is 0 Å². The fourth-order valence-electron chi connectivity index (χ4n) is 2.21. The highest BCUT2D eigenvalue weighted by molar-refractivity contribution is 5.97. The predicted octanol–water partition coefficient (Wildman–Crippen LogP) is 4.25. The van der Waals surface area contributed by atoms with Crippen molar-refractivity contribution in [2.45, 2.75) is 12.8 Å². The Balaban J connectivity index is 2.21. The minimum Gasteiger partial charge on any atom is -0.465 e. The van der Waals surface area contributed by atoms with E-state index in [1.54, 1.807) is 24.3 Å². The van der Waals surface area contributed by atoms with Crippen LogP contribution in [0.1, 0.15) is 27.0 Å². The maximum Gasteiger partial charge on any atom is 0.417 e. The average Bonchev–Trinajstić information content (AvgIpc) is 2.63. The van der Waals surface area contributed by atoms with E-state index in [1.165, 1.54) is 6.07 Å². The Labute approximate surface area is 147 Å². The zero-order chi connectivity index (χ0) is 19.2. The predicted molar refractivity (Wildman–Crippen MR) is 88.1 cm³/mol. The Kier molecular flexibility index (Phi) is 6.16. The van der Waals surface area contributed by atoms with Crippen molar-refractivity contribution in [1.82, 2.24) is 0 Å². The molecule has 0 heterocycles.